The number of Topliss-reactive ketones (excluding diaryl/α,β-unsaturated/α-hetero) is 1. The lowest BCUT2D eigenvalue weighted by atomic mass is 9.78. The SMILES string of the molecule is COc1ccc([C@H]2C(C#N)=C(S)N([C@H]3O[C@@H](COC(C)=O)[C@@H](OC(C)=O)[C@@H](OC(C)=O)[C@H]3OC(C)=O)C(c3ccccc3)=C2C(C)=O)cc1. The Morgan fingerprint density at radius 3 is 1.90 bits per heavy atom. The van der Waals surface area contributed by atoms with Crippen LogP contribution in [0.1, 0.15) is 51.7 Å². The van der Waals surface area contributed by atoms with Gasteiger partial charge >= 0.3 is 23.9 Å². The van der Waals surface area contributed by atoms with Gasteiger partial charge in [0.05, 0.1) is 35.4 Å². The van der Waals surface area contributed by atoms with Crippen LogP contribution >= 0.6 is 12.6 Å². The van der Waals surface area contributed by atoms with Crippen molar-refractivity contribution in [3.05, 3.63) is 81.9 Å². The van der Waals surface area contributed by atoms with Crippen molar-refractivity contribution in [2.45, 2.75) is 71.2 Å². The first kappa shape index (κ1) is 36.7. The molecule has 0 aromatic heterocycles. The molecule has 2 aliphatic heterocycles. The van der Waals surface area contributed by atoms with Crippen LogP contribution in [0.15, 0.2) is 70.8 Å². The Hall–Kier alpha value is -5.13. The maximum atomic E-state index is 13.8. The van der Waals surface area contributed by atoms with Gasteiger partial charge in [0.25, 0.3) is 0 Å². The van der Waals surface area contributed by atoms with E-state index in [1.807, 2.05) is 0 Å². The highest BCUT2D eigenvalue weighted by Crippen LogP contribution is 2.49. The number of ketones is 1. The molecule has 0 spiro atoms. The third-order valence-corrected chi connectivity index (χ3v) is 8.22. The highest BCUT2D eigenvalue weighted by molar-refractivity contribution is 7.84. The van der Waals surface area contributed by atoms with E-state index < -0.39 is 72.8 Å². The highest BCUT2D eigenvalue weighted by Gasteiger charge is 2.56. The van der Waals surface area contributed by atoms with Crippen molar-refractivity contribution in [3.63, 3.8) is 0 Å². The molecule has 6 atom stereocenters. The molecule has 2 aromatic carbocycles. The standard InChI is InChI=1S/C35H36N2O11S/c1-18(38)28-29(23-12-14-25(43-6)15-13-23)26(16-36)35(49)37(30(28)24-10-8-7-9-11-24)34-33(47-22(5)42)32(46-21(4)41)31(45-20(3)40)27(48-34)17-44-19(2)39/h7-15,27,29,31-34,49H,17H2,1-6H3/t27-,29-,31+,32+,33+,34-/m0/s1. The second kappa shape index (κ2) is 15.8. The quantitative estimate of drug-likeness (QED) is 0.217. The fourth-order valence-corrected chi connectivity index (χ4v) is 6.33. The largest absolute Gasteiger partial charge is 0.497 e. The second-order valence-corrected chi connectivity index (χ2v) is 11.6. The highest BCUT2D eigenvalue weighted by atomic mass is 32.1. The summed E-state index contributed by atoms with van der Waals surface area (Å²) in [5, 5.41) is 10.7. The lowest BCUT2D eigenvalue weighted by molar-refractivity contribution is -0.269. The molecule has 14 heteroatoms. The van der Waals surface area contributed by atoms with Crippen molar-refractivity contribution >= 4 is 48.0 Å². The molecule has 13 nitrogen and oxygen atoms in total. The molecule has 0 unspecified atom stereocenters. The molecular formula is C35H36N2O11S. The third-order valence-electron chi connectivity index (χ3n) is 7.76. The summed E-state index contributed by atoms with van der Waals surface area (Å²) >= 11 is 4.85. The van der Waals surface area contributed by atoms with Gasteiger partial charge in [0.15, 0.2) is 30.3 Å². The molecule has 2 aromatic rings. The van der Waals surface area contributed by atoms with Crippen LogP contribution in [0.3, 0.4) is 0 Å². The maximum Gasteiger partial charge on any atom is 0.303 e. The predicted molar refractivity (Wildman–Crippen MR) is 175 cm³/mol. The summed E-state index contributed by atoms with van der Waals surface area (Å²) in [6.07, 6.45) is -7.24. The number of thiol groups is 1. The fraction of sp³-hybridized carbons (Fsp3) is 0.371. The van der Waals surface area contributed by atoms with Crippen LogP contribution in [0.25, 0.3) is 5.70 Å². The molecule has 1 saturated heterocycles. The average molecular weight is 693 g/mol. The molecule has 4 rings (SSSR count). The Morgan fingerprint density at radius 2 is 1.39 bits per heavy atom. The van der Waals surface area contributed by atoms with Gasteiger partial charge in [-0.05, 0) is 30.2 Å². The lowest BCUT2D eigenvalue weighted by Crippen LogP contribution is -2.66. The van der Waals surface area contributed by atoms with E-state index in [9.17, 15) is 29.2 Å². The van der Waals surface area contributed by atoms with E-state index in [1.54, 1.807) is 54.6 Å². The van der Waals surface area contributed by atoms with E-state index in [2.05, 4.69) is 6.07 Å². The van der Waals surface area contributed by atoms with E-state index in [0.717, 1.165) is 20.8 Å². The van der Waals surface area contributed by atoms with Gasteiger partial charge in [-0.2, -0.15) is 5.26 Å². The molecule has 2 aliphatic rings. The molecular weight excluding hydrogens is 656 g/mol. The zero-order valence-electron chi connectivity index (χ0n) is 27.7. The van der Waals surface area contributed by atoms with E-state index in [0.29, 0.717) is 16.9 Å². The summed E-state index contributed by atoms with van der Waals surface area (Å²) < 4.78 is 34.0. The smallest absolute Gasteiger partial charge is 0.303 e. The summed E-state index contributed by atoms with van der Waals surface area (Å²) in [6.45, 7) is 5.41. The minimum absolute atomic E-state index is 0.0214. The predicted octanol–water partition coefficient (Wildman–Crippen LogP) is 3.84. The van der Waals surface area contributed by atoms with E-state index in [1.165, 1.54) is 25.9 Å². The molecule has 49 heavy (non-hydrogen) atoms. The molecule has 0 radical (unpaired) electrons. The lowest BCUT2D eigenvalue weighted by Gasteiger charge is -2.50. The van der Waals surface area contributed by atoms with E-state index >= 15 is 0 Å². The van der Waals surface area contributed by atoms with Crippen LogP contribution < -0.4 is 4.74 Å². The number of methoxy groups -OCH3 is 1. The number of allylic oxidation sites excluding steroid dienone is 2. The number of nitrogens with zero attached hydrogens (tertiary/aromatic N) is 2. The van der Waals surface area contributed by atoms with Crippen LogP contribution in [0, 0.1) is 11.3 Å². The summed E-state index contributed by atoms with van der Waals surface area (Å²) in [4.78, 5) is 64.5. The van der Waals surface area contributed by atoms with Gasteiger partial charge < -0.3 is 33.3 Å². The van der Waals surface area contributed by atoms with Crippen molar-refractivity contribution in [3.8, 4) is 11.8 Å². The summed E-state index contributed by atoms with van der Waals surface area (Å²) in [5.41, 5.74) is 1.56. The van der Waals surface area contributed by atoms with Gasteiger partial charge in [0, 0.05) is 33.3 Å². The van der Waals surface area contributed by atoms with Crippen LogP contribution in [0.5, 0.6) is 5.75 Å². The van der Waals surface area contributed by atoms with Gasteiger partial charge in [0.1, 0.15) is 18.5 Å². The van der Waals surface area contributed by atoms with Crippen molar-refractivity contribution in [2.24, 2.45) is 0 Å². The van der Waals surface area contributed by atoms with Gasteiger partial charge in [-0.15, -0.1) is 12.6 Å². The minimum Gasteiger partial charge on any atom is -0.497 e. The molecule has 258 valence electrons. The first-order valence-electron chi connectivity index (χ1n) is 15.2. The summed E-state index contributed by atoms with van der Waals surface area (Å²) in [7, 11) is 1.52. The first-order valence-corrected chi connectivity index (χ1v) is 15.6. The number of carbonyl (C=O) groups is 5. The summed E-state index contributed by atoms with van der Waals surface area (Å²) in [6, 6.07) is 17.8. The number of nitriles is 1. The van der Waals surface area contributed by atoms with Crippen molar-refractivity contribution in [2.75, 3.05) is 13.7 Å². The number of ether oxygens (including phenoxy) is 6. The second-order valence-electron chi connectivity index (χ2n) is 11.2. The molecule has 0 saturated carbocycles. The van der Waals surface area contributed by atoms with Crippen LogP contribution in [-0.2, 0) is 47.7 Å². The molecule has 0 bridgehead atoms. The molecule has 0 aliphatic carbocycles. The monoisotopic (exact) mass is 692 g/mol. The van der Waals surface area contributed by atoms with E-state index in [4.69, 9.17) is 41.0 Å². The van der Waals surface area contributed by atoms with Crippen molar-refractivity contribution in [1.82, 2.24) is 4.90 Å². The van der Waals surface area contributed by atoms with Crippen LogP contribution in [0.4, 0.5) is 0 Å². The number of hydrogen-bond acceptors (Lipinski definition) is 14. The van der Waals surface area contributed by atoms with Crippen LogP contribution in [0.2, 0.25) is 0 Å². The van der Waals surface area contributed by atoms with Gasteiger partial charge in [-0.1, -0.05) is 42.5 Å². The van der Waals surface area contributed by atoms with Gasteiger partial charge in [0.2, 0.25) is 0 Å². The zero-order chi connectivity index (χ0) is 36.0. The topological polar surface area (TPSA) is 168 Å². The number of esters is 4. The van der Waals surface area contributed by atoms with Gasteiger partial charge in [-0.3, -0.25) is 24.0 Å². The number of benzene rings is 2. The Bertz CT molecular complexity index is 1710. The van der Waals surface area contributed by atoms with Gasteiger partial charge in [-0.25, -0.2) is 0 Å². The molecule has 2 heterocycles. The minimum atomic E-state index is -1.54. The average Bonchev–Trinajstić information content (AvgIpc) is 3.05. The molecule has 0 N–H and O–H groups in total. The third kappa shape index (κ3) is 8.13. The number of rotatable bonds is 10. The Kier molecular flexibility index (Phi) is 11.9. The zero-order valence-corrected chi connectivity index (χ0v) is 28.6. The van der Waals surface area contributed by atoms with E-state index in [-0.39, 0.29) is 21.9 Å². The number of hydrogen-bond donors (Lipinski definition) is 1. The Labute approximate surface area is 288 Å². The van der Waals surface area contributed by atoms with Crippen molar-refractivity contribution < 1.29 is 52.4 Å². The normalized spacial score (nSPS) is 23.6. The molecule has 1 fully saturated rings. The van der Waals surface area contributed by atoms with Crippen molar-refractivity contribution in [1.29, 1.82) is 5.26 Å². The van der Waals surface area contributed by atoms with Crippen LogP contribution in [-0.4, -0.2) is 78.9 Å². The first-order chi connectivity index (χ1) is 23.3. The number of carbonyl (C=O) groups excluding carboxylic acids is 5. The maximum absolute atomic E-state index is 13.8. The molecule has 0 amide bonds. The Morgan fingerprint density at radius 1 is 0.816 bits per heavy atom. The summed E-state index contributed by atoms with van der Waals surface area (Å²) in [5.74, 6) is -3.84. The fourth-order valence-electron chi connectivity index (χ4n) is 5.94. The Balaban J connectivity index is 2.06.